The molecular weight excluding hydrogens is 444 g/mol. The molecule has 0 atom stereocenters. The Labute approximate surface area is 176 Å². The van der Waals surface area contributed by atoms with Crippen LogP contribution in [-0.4, -0.2) is 52.0 Å². The number of amides is 1. The van der Waals surface area contributed by atoms with Crippen molar-refractivity contribution in [2.24, 2.45) is 0 Å². The molecule has 1 amide bonds. The monoisotopic (exact) mass is 460 g/mol. The quantitative estimate of drug-likeness (QED) is 0.585. The molecule has 6 nitrogen and oxygen atoms in total. The molecule has 144 valence electrons. The van der Waals surface area contributed by atoms with Crippen LogP contribution in [0.5, 0.6) is 0 Å². The Kier molecular flexibility index (Phi) is 5.75. The summed E-state index contributed by atoms with van der Waals surface area (Å²) in [5.74, 6) is 1.18. The highest BCUT2D eigenvalue weighted by Gasteiger charge is 2.23. The summed E-state index contributed by atoms with van der Waals surface area (Å²) in [7, 11) is 0. The van der Waals surface area contributed by atoms with Crippen molar-refractivity contribution >= 4 is 33.4 Å². The summed E-state index contributed by atoms with van der Waals surface area (Å²) in [6, 6.07) is 14.8. The first kappa shape index (κ1) is 19.1. The molecule has 4 rings (SSSR count). The highest BCUT2D eigenvalue weighted by atomic mass is 79.9. The van der Waals surface area contributed by atoms with Crippen LogP contribution in [0.15, 0.2) is 57.5 Å². The Morgan fingerprint density at radius 3 is 2.57 bits per heavy atom. The number of halogens is 2. The summed E-state index contributed by atoms with van der Waals surface area (Å²) in [6.07, 6.45) is 0. The van der Waals surface area contributed by atoms with Crippen molar-refractivity contribution in [3.05, 3.63) is 69.5 Å². The predicted octanol–water partition coefficient (Wildman–Crippen LogP) is 4.11. The normalized spacial score (nSPS) is 15.0. The molecule has 1 saturated heterocycles. The highest BCUT2D eigenvalue weighted by Crippen LogP contribution is 2.20. The van der Waals surface area contributed by atoms with Gasteiger partial charge in [0.1, 0.15) is 0 Å². The van der Waals surface area contributed by atoms with Gasteiger partial charge in [-0.3, -0.25) is 9.69 Å². The minimum atomic E-state index is 0.0590. The molecule has 8 heteroatoms. The van der Waals surface area contributed by atoms with Crippen LogP contribution in [0, 0.1) is 0 Å². The van der Waals surface area contributed by atoms with Gasteiger partial charge in [-0.05, 0) is 42.5 Å². The van der Waals surface area contributed by atoms with E-state index in [0.717, 1.165) is 23.1 Å². The summed E-state index contributed by atoms with van der Waals surface area (Å²) in [5, 5.41) is 4.72. The molecule has 1 aliphatic rings. The average molecular weight is 462 g/mol. The molecule has 1 aromatic heterocycles. The Hall–Kier alpha value is -2.22. The molecule has 28 heavy (non-hydrogen) atoms. The molecule has 0 radical (unpaired) electrons. The predicted molar refractivity (Wildman–Crippen MR) is 110 cm³/mol. The maximum absolute atomic E-state index is 12.6. The maximum Gasteiger partial charge on any atom is 0.253 e. The lowest BCUT2D eigenvalue weighted by Crippen LogP contribution is -2.48. The van der Waals surface area contributed by atoms with Gasteiger partial charge in [-0.2, -0.15) is 4.98 Å². The molecule has 0 bridgehead atoms. The van der Waals surface area contributed by atoms with Crippen molar-refractivity contribution in [1.29, 1.82) is 0 Å². The molecule has 0 saturated carbocycles. The third-order valence-electron chi connectivity index (χ3n) is 4.66. The molecule has 0 spiro atoms. The molecule has 3 aromatic rings. The van der Waals surface area contributed by atoms with E-state index in [4.69, 9.17) is 16.1 Å². The van der Waals surface area contributed by atoms with Crippen LogP contribution in [0.2, 0.25) is 5.02 Å². The number of nitrogens with zero attached hydrogens (tertiary/aromatic N) is 4. The van der Waals surface area contributed by atoms with Gasteiger partial charge in [0.15, 0.2) is 0 Å². The highest BCUT2D eigenvalue weighted by molar-refractivity contribution is 9.10. The number of carbonyl (C=O) groups is 1. The van der Waals surface area contributed by atoms with Gasteiger partial charge in [0.2, 0.25) is 11.7 Å². The lowest BCUT2D eigenvalue weighted by Gasteiger charge is -2.34. The average Bonchev–Trinajstić information content (AvgIpc) is 3.17. The smallest absolute Gasteiger partial charge is 0.253 e. The van der Waals surface area contributed by atoms with Gasteiger partial charge in [-0.25, -0.2) is 0 Å². The summed E-state index contributed by atoms with van der Waals surface area (Å²) < 4.78 is 6.29. The van der Waals surface area contributed by atoms with Crippen LogP contribution in [0.25, 0.3) is 11.4 Å². The van der Waals surface area contributed by atoms with Crippen molar-refractivity contribution in [1.82, 2.24) is 19.9 Å². The van der Waals surface area contributed by atoms with Gasteiger partial charge in [-0.15, -0.1) is 0 Å². The summed E-state index contributed by atoms with van der Waals surface area (Å²) in [4.78, 5) is 21.2. The molecule has 2 aromatic carbocycles. The number of piperazine rings is 1. The number of rotatable bonds is 4. The van der Waals surface area contributed by atoms with Crippen LogP contribution in [0.4, 0.5) is 0 Å². The van der Waals surface area contributed by atoms with E-state index >= 15 is 0 Å². The summed E-state index contributed by atoms with van der Waals surface area (Å²) >= 11 is 9.33. The van der Waals surface area contributed by atoms with E-state index in [9.17, 15) is 4.79 Å². The Balaban J connectivity index is 1.33. The Morgan fingerprint density at radius 1 is 1.11 bits per heavy atom. The lowest BCUT2D eigenvalue weighted by atomic mass is 10.2. The van der Waals surface area contributed by atoms with Crippen molar-refractivity contribution in [3.8, 4) is 11.4 Å². The number of hydrogen-bond acceptors (Lipinski definition) is 5. The zero-order chi connectivity index (χ0) is 19.5. The zero-order valence-electron chi connectivity index (χ0n) is 15.0. The third kappa shape index (κ3) is 4.43. The Bertz CT molecular complexity index is 968. The van der Waals surface area contributed by atoms with Crippen molar-refractivity contribution in [2.45, 2.75) is 6.54 Å². The first-order valence-corrected chi connectivity index (χ1v) is 10.1. The molecule has 0 unspecified atom stereocenters. The minimum Gasteiger partial charge on any atom is -0.338 e. The van der Waals surface area contributed by atoms with E-state index in [1.54, 1.807) is 12.1 Å². The topological polar surface area (TPSA) is 62.5 Å². The van der Waals surface area contributed by atoms with E-state index in [1.165, 1.54) is 0 Å². The van der Waals surface area contributed by atoms with Gasteiger partial charge in [0.25, 0.3) is 5.91 Å². The minimum absolute atomic E-state index is 0.0590. The van der Waals surface area contributed by atoms with Crippen LogP contribution in [0.1, 0.15) is 16.2 Å². The van der Waals surface area contributed by atoms with Gasteiger partial charge >= 0.3 is 0 Å². The fourth-order valence-electron chi connectivity index (χ4n) is 3.14. The van der Waals surface area contributed by atoms with Crippen LogP contribution in [0.3, 0.4) is 0 Å². The second-order valence-electron chi connectivity index (χ2n) is 6.60. The van der Waals surface area contributed by atoms with Crippen molar-refractivity contribution < 1.29 is 9.32 Å². The summed E-state index contributed by atoms with van der Waals surface area (Å²) in [5.41, 5.74) is 1.57. The number of aromatic nitrogens is 2. The van der Waals surface area contributed by atoms with Gasteiger partial charge < -0.3 is 9.42 Å². The van der Waals surface area contributed by atoms with Crippen molar-refractivity contribution in [3.63, 3.8) is 0 Å². The van der Waals surface area contributed by atoms with E-state index in [2.05, 4.69) is 31.0 Å². The first-order chi connectivity index (χ1) is 13.6. The van der Waals surface area contributed by atoms with Gasteiger partial charge in [0.05, 0.1) is 6.54 Å². The van der Waals surface area contributed by atoms with E-state index < -0.39 is 0 Å². The SMILES string of the molecule is O=C(c1cccc(Br)c1)N1CCN(Cc2nc(-c3ccc(Cl)cc3)no2)CC1. The second kappa shape index (κ2) is 8.43. The molecule has 1 aliphatic heterocycles. The lowest BCUT2D eigenvalue weighted by molar-refractivity contribution is 0.0615. The zero-order valence-corrected chi connectivity index (χ0v) is 17.4. The van der Waals surface area contributed by atoms with E-state index in [0.29, 0.717) is 41.9 Å². The number of carbonyl (C=O) groups excluding carboxylic acids is 1. The number of hydrogen-bond donors (Lipinski definition) is 0. The standard InChI is InChI=1S/C20H18BrClN4O2/c21-16-3-1-2-15(12-16)20(27)26-10-8-25(9-11-26)13-18-23-19(24-28-18)14-4-6-17(22)7-5-14/h1-7,12H,8-11,13H2. The Morgan fingerprint density at radius 2 is 1.86 bits per heavy atom. The molecule has 0 N–H and O–H groups in total. The first-order valence-electron chi connectivity index (χ1n) is 8.94. The maximum atomic E-state index is 12.6. The fourth-order valence-corrected chi connectivity index (χ4v) is 3.66. The van der Waals surface area contributed by atoms with Crippen LogP contribution < -0.4 is 0 Å². The van der Waals surface area contributed by atoms with Crippen LogP contribution >= 0.6 is 27.5 Å². The molecule has 2 heterocycles. The molecule has 0 aliphatic carbocycles. The van der Waals surface area contributed by atoms with Crippen LogP contribution in [-0.2, 0) is 6.54 Å². The number of benzene rings is 2. The third-order valence-corrected chi connectivity index (χ3v) is 5.41. The largest absolute Gasteiger partial charge is 0.338 e. The molecule has 1 fully saturated rings. The fraction of sp³-hybridized carbons (Fsp3) is 0.250. The van der Waals surface area contributed by atoms with Gasteiger partial charge in [0, 0.05) is 46.8 Å². The van der Waals surface area contributed by atoms with Gasteiger partial charge in [-0.1, -0.05) is 38.8 Å². The van der Waals surface area contributed by atoms with Crippen molar-refractivity contribution in [2.75, 3.05) is 26.2 Å². The second-order valence-corrected chi connectivity index (χ2v) is 7.95. The molecular formula is C20H18BrClN4O2. The van der Waals surface area contributed by atoms with E-state index in [1.807, 2.05) is 41.3 Å². The van der Waals surface area contributed by atoms with E-state index in [-0.39, 0.29) is 5.91 Å². The summed E-state index contributed by atoms with van der Waals surface area (Å²) in [6.45, 7) is 3.43.